The zero-order valence-corrected chi connectivity index (χ0v) is 16.4. The lowest BCUT2D eigenvalue weighted by Crippen LogP contribution is -2.69. The van der Waals surface area contributed by atoms with Crippen LogP contribution in [0.4, 0.5) is 5.69 Å². The van der Waals surface area contributed by atoms with Crippen LogP contribution in [-0.4, -0.2) is 50.9 Å². The van der Waals surface area contributed by atoms with E-state index in [1.54, 1.807) is 0 Å². The lowest BCUT2D eigenvalue weighted by atomic mass is 9.54. The second-order valence-electron chi connectivity index (χ2n) is 8.79. The SMILES string of the molecule is CN=C(NC1CCN(c2ccccc2)C1)NC1C2CCOC2C12CCCC2. The summed E-state index contributed by atoms with van der Waals surface area (Å²) in [6.07, 6.45) is 8.18. The van der Waals surface area contributed by atoms with Crippen LogP contribution in [0.15, 0.2) is 35.3 Å². The Morgan fingerprint density at radius 2 is 1.96 bits per heavy atom. The molecule has 2 aliphatic heterocycles. The molecular weight excluding hydrogens is 336 g/mol. The van der Waals surface area contributed by atoms with E-state index >= 15 is 0 Å². The molecular formula is C22H32N4O. The molecule has 5 nitrogen and oxygen atoms in total. The second-order valence-corrected chi connectivity index (χ2v) is 8.79. The minimum atomic E-state index is 0.366. The Morgan fingerprint density at radius 3 is 2.74 bits per heavy atom. The summed E-state index contributed by atoms with van der Waals surface area (Å²) < 4.78 is 6.12. The quantitative estimate of drug-likeness (QED) is 0.636. The molecule has 0 bridgehead atoms. The van der Waals surface area contributed by atoms with Crippen molar-refractivity contribution in [3.05, 3.63) is 30.3 Å². The largest absolute Gasteiger partial charge is 0.377 e. The molecule has 4 aliphatic rings. The second kappa shape index (κ2) is 7.01. The molecule has 1 aromatic rings. The van der Waals surface area contributed by atoms with Crippen LogP contribution >= 0.6 is 0 Å². The van der Waals surface area contributed by atoms with E-state index in [1.807, 2.05) is 7.05 Å². The van der Waals surface area contributed by atoms with E-state index in [0.717, 1.165) is 32.1 Å². The molecule has 4 fully saturated rings. The van der Waals surface area contributed by atoms with Gasteiger partial charge in [0.25, 0.3) is 0 Å². The highest BCUT2D eigenvalue weighted by molar-refractivity contribution is 5.81. The van der Waals surface area contributed by atoms with Gasteiger partial charge in [0.05, 0.1) is 6.10 Å². The minimum Gasteiger partial charge on any atom is -0.377 e. The smallest absolute Gasteiger partial charge is 0.191 e. The summed E-state index contributed by atoms with van der Waals surface area (Å²) in [5.41, 5.74) is 1.68. The Bertz CT molecular complexity index is 685. The summed E-state index contributed by atoms with van der Waals surface area (Å²) in [6.45, 7) is 3.08. The Hall–Kier alpha value is -1.75. The number of hydrogen-bond donors (Lipinski definition) is 2. The van der Waals surface area contributed by atoms with Gasteiger partial charge in [0, 0.05) is 55.8 Å². The maximum atomic E-state index is 6.12. The average molecular weight is 369 g/mol. The standard InChI is InChI=1S/C22H32N4O/c1-23-21(24-16-9-13-26(15-16)17-7-3-2-4-8-17)25-19-18-10-14-27-20(18)22(19)11-5-6-12-22/h2-4,7-8,16,18-20H,5-6,9-15H2,1H3,(H2,23,24,25). The number of guanidine groups is 1. The van der Waals surface area contributed by atoms with Gasteiger partial charge in [0.15, 0.2) is 5.96 Å². The summed E-state index contributed by atoms with van der Waals surface area (Å²) in [5.74, 6) is 1.66. The van der Waals surface area contributed by atoms with Crippen LogP contribution in [0.3, 0.4) is 0 Å². The van der Waals surface area contributed by atoms with Crippen LogP contribution in [0.1, 0.15) is 38.5 Å². The van der Waals surface area contributed by atoms with Crippen molar-refractivity contribution < 1.29 is 4.74 Å². The Balaban J connectivity index is 1.22. The summed E-state index contributed by atoms with van der Waals surface area (Å²) >= 11 is 0. The molecule has 1 aromatic carbocycles. The summed E-state index contributed by atoms with van der Waals surface area (Å²) in [5, 5.41) is 7.54. The van der Waals surface area contributed by atoms with Crippen molar-refractivity contribution >= 4 is 11.6 Å². The van der Waals surface area contributed by atoms with Gasteiger partial charge in [-0.2, -0.15) is 0 Å². The first-order chi connectivity index (χ1) is 13.3. The van der Waals surface area contributed by atoms with E-state index in [2.05, 4.69) is 50.9 Å². The number of anilines is 1. The molecule has 1 spiro atoms. The topological polar surface area (TPSA) is 48.9 Å². The number of para-hydroxylation sites is 1. The van der Waals surface area contributed by atoms with Crippen LogP contribution in [0.25, 0.3) is 0 Å². The van der Waals surface area contributed by atoms with E-state index in [1.165, 1.54) is 37.8 Å². The molecule has 2 N–H and O–H groups in total. The van der Waals surface area contributed by atoms with Crippen molar-refractivity contribution in [2.45, 2.75) is 56.7 Å². The molecule has 0 aromatic heterocycles. The van der Waals surface area contributed by atoms with Gasteiger partial charge in [-0.1, -0.05) is 31.0 Å². The maximum absolute atomic E-state index is 6.12. The van der Waals surface area contributed by atoms with Crippen LogP contribution in [-0.2, 0) is 4.74 Å². The highest BCUT2D eigenvalue weighted by Gasteiger charge is 2.65. The van der Waals surface area contributed by atoms with Crippen molar-refractivity contribution in [3.63, 3.8) is 0 Å². The highest BCUT2D eigenvalue weighted by Crippen LogP contribution is 2.60. The highest BCUT2D eigenvalue weighted by atomic mass is 16.5. The first-order valence-corrected chi connectivity index (χ1v) is 10.7. The number of rotatable bonds is 3. The third-order valence-electron chi connectivity index (χ3n) is 7.45. The maximum Gasteiger partial charge on any atom is 0.191 e. The first-order valence-electron chi connectivity index (χ1n) is 10.7. The third kappa shape index (κ3) is 2.91. The van der Waals surface area contributed by atoms with Crippen molar-refractivity contribution in [2.75, 3.05) is 31.6 Å². The van der Waals surface area contributed by atoms with Crippen LogP contribution in [0, 0.1) is 11.3 Å². The van der Waals surface area contributed by atoms with Crippen molar-refractivity contribution in [1.29, 1.82) is 0 Å². The fourth-order valence-corrected chi connectivity index (χ4v) is 6.17. The van der Waals surface area contributed by atoms with Crippen molar-refractivity contribution in [2.24, 2.45) is 16.3 Å². The van der Waals surface area contributed by atoms with E-state index < -0.39 is 0 Å². The summed E-state index contributed by atoms with van der Waals surface area (Å²) in [4.78, 5) is 7.04. The Morgan fingerprint density at radius 1 is 1.15 bits per heavy atom. The molecule has 4 unspecified atom stereocenters. The predicted molar refractivity (Wildman–Crippen MR) is 109 cm³/mol. The van der Waals surface area contributed by atoms with E-state index in [9.17, 15) is 0 Å². The average Bonchev–Trinajstić information content (AvgIpc) is 3.45. The van der Waals surface area contributed by atoms with Crippen LogP contribution < -0.4 is 15.5 Å². The molecule has 2 aliphatic carbocycles. The predicted octanol–water partition coefficient (Wildman–Crippen LogP) is 2.78. The fraction of sp³-hybridized carbons (Fsp3) is 0.682. The van der Waals surface area contributed by atoms with Crippen molar-refractivity contribution in [3.8, 4) is 0 Å². The molecule has 5 heteroatoms. The minimum absolute atomic E-state index is 0.366. The summed E-state index contributed by atoms with van der Waals surface area (Å²) in [6, 6.07) is 11.7. The molecule has 2 saturated carbocycles. The molecule has 0 radical (unpaired) electrons. The Kier molecular flexibility index (Phi) is 4.50. The summed E-state index contributed by atoms with van der Waals surface area (Å²) in [7, 11) is 1.90. The van der Waals surface area contributed by atoms with Gasteiger partial charge in [0.2, 0.25) is 0 Å². The fourth-order valence-electron chi connectivity index (χ4n) is 6.17. The van der Waals surface area contributed by atoms with Gasteiger partial charge in [-0.3, -0.25) is 4.99 Å². The van der Waals surface area contributed by atoms with Gasteiger partial charge in [-0.05, 0) is 37.8 Å². The zero-order chi connectivity index (χ0) is 18.3. The molecule has 0 amide bonds. The van der Waals surface area contributed by atoms with Gasteiger partial charge in [-0.15, -0.1) is 0 Å². The van der Waals surface area contributed by atoms with E-state index in [4.69, 9.17) is 4.74 Å². The Labute approximate surface area is 162 Å². The van der Waals surface area contributed by atoms with Crippen molar-refractivity contribution in [1.82, 2.24) is 10.6 Å². The molecule has 146 valence electrons. The zero-order valence-electron chi connectivity index (χ0n) is 16.4. The van der Waals surface area contributed by atoms with Gasteiger partial charge < -0.3 is 20.3 Å². The third-order valence-corrected chi connectivity index (χ3v) is 7.45. The molecule has 27 heavy (non-hydrogen) atoms. The lowest BCUT2D eigenvalue weighted by Gasteiger charge is -2.57. The molecule has 2 heterocycles. The molecule has 2 saturated heterocycles. The first kappa shape index (κ1) is 17.4. The normalized spacial score (nSPS) is 34.6. The molecule has 5 rings (SSSR count). The number of aliphatic imine (C=N–C) groups is 1. The molecule has 4 atom stereocenters. The van der Waals surface area contributed by atoms with Gasteiger partial charge in [-0.25, -0.2) is 0 Å². The number of hydrogen-bond acceptors (Lipinski definition) is 3. The van der Waals surface area contributed by atoms with Crippen LogP contribution in [0.2, 0.25) is 0 Å². The van der Waals surface area contributed by atoms with Gasteiger partial charge >= 0.3 is 0 Å². The van der Waals surface area contributed by atoms with E-state index in [0.29, 0.717) is 29.5 Å². The lowest BCUT2D eigenvalue weighted by molar-refractivity contribution is -0.125. The number of benzene rings is 1. The van der Waals surface area contributed by atoms with E-state index in [-0.39, 0.29) is 0 Å². The monoisotopic (exact) mass is 368 g/mol. The van der Waals surface area contributed by atoms with Gasteiger partial charge in [0.1, 0.15) is 0 Å². The number of nitrogens with one attached hydrogen (secondary N) is 2. The number of fused-ring (bicyclic) bond motifs is 2. The number of ether oxygens (including phenoxy) is 1. The van der Waals surface area contributed by atoms with Crippen LogP contribution in [0.5, 0.6) is 0 Å². The number of nitrogens with zero attached hydrogens (tertiary/aromatic N) is 2.